The van der Waals surface area contributed by atoms with Crippen LogP contribution in [0, 0.1) is 17.8 Å². The molecule has 0 spiro atoms. The second-order valence-electron chi connectivity index (χ2n) is 6.08. The Bertz CT molecular complexity index is 303. The Kier molecular flexibility index (Phi) is 3.01. The molecule has 0 unspecified atom stereocenters. The molecular formula is C14H24N2O. The number of nitrogens with one attached hydrogen (secondary N) is 1. The number of hydrogen-bond acceptors (Lipinski definition) is 1. The Hall–Kier alpha value is -0.730. The summed E-state index contributed by atoms with van der Waals surface area (Å²) < 4.78 is 0. The van der Waals surface area contributed by atoms with Crippen LogP contribution in [0.5, 0.6) is 0 Å². The number of amides is 2. The Morgan fingerprint density at radius 2 is 2.12 bits per heavy atom. The van der Waals surface area contributed by atoms with Crippen LogP contribution < -0.4 is 5.32 Å². The first-order valence-corrected chi connectivity index (χ1v) is 7.35. The fraction of sp³-hybridized carbons (Fsp3) is 0.929. The second-order valence-corrected chi connectivity index (χ2v) is 6.08. The van der Waals surface area contributed by atoms with Gasteiger partial charge in [0.2, 0.25) is 0 Å². The SMILES string of the molecule is CCCCCNC(=O)N1C[C@@H]2[C@H]3CC[C@@H](C3)[C@H]21. The predicted octanol–water partition coefficient (Wildman–Crippen LogP) is 2.62. The topological polar surface area (TPSA) is 32.3 Å². The highest BCUT2D eigenvalue weighted by Gasteiger charge is 2.57. The number of nitrogens with zero attached hydrogens (tertiary/aromatic N) is 1. The third kappa shape index (κ3) is 1.84. The third-order valence-corrected chi connectivity index (χ3v) is 5.13. The smallest absolute Gasteiger partial charge is 0.317 e. The lowest BCUT2D eigenvalue weighted by molar-refractivity contribution is 0.0123. The van der Waals surface area contributed by atoms with Gasteiger partial charge in [-0.3, -0.25) is 0 Å². The molecule has 3 rings (SSSR count). The lowest BCUT2D eigenvalue weighted by Gasteiger charge is -2.50. The first-order valence-electron chi connectivity index (χ1n) is 7.35. The van der Waals surface area contributed by atoms with Crippen molar-refractivity contribution >= 4 is 6.03 Å². The van der Waals surface area contributed by atoms with Gasteiger partial charge >= 0.3 is 6.03 Å². The van der Waals surface area contributed by atoms with Gasteiger partial charge in [0, 0.05) is 25.0 Å². The molecule has 96 valence electrons. The lowest BCUT2D eigenvalue weighted by atomic mass is 9.77. The van der Waals surface area contributed by atoms with Crippen molar-refractivity contribution in [2.24, 2.45) is 17.8 Å². The van der Waals surface area contributed by atoms with Gasteiger partial charge in [0.05, 0.1) is 0 Å². The molecule has 0 aromatic heterocycles. The molecule has 1 heterocycles. The molecule has 2 aliphatic carbocycles. The van der Waals surface area contributed by atoms with Crippen molar-refractivity contribution in [2.75, 3.05) is 13.1 Å². The number of carbonyl (C=O) groups is 1. The van der Waals surface area contributed by atoms with E-state index in [2.05, 4.69) is 17.1 Å². The van der Waals surface area contributed by atoms with Crippen molar-refractivity contribution in [3.8, 4) is 0 Å². The van der Waals surface area contributed by atoms with E-state index >= 15 is 0 Å². The third-order valence-electron chi connectivity index (χ3n) is 5.13. The summed E-state index contributed by atoms with van der Waals surface area (Å²) in [5, 5.41) is 3.08. The van der Waals surface area contributed by atoms with Gasteiger partial charge in [0.15, 0.2) is 0 Å². The molecule has 3 aliphatic rings. The van der Waals surface area contributed by atoms with Crippen LogP contribution in [-0.4, -0.2) is 30.1 Å². The molecule has 1 N–H and O–H groups in total. The molecular weight excluding hydrogens is 212 g/mol. The molecule has 0 aromatic rings. The maximum Gasteiger partial charge on any atom is 0.317 e. The van der Waals surface area contributed by atoms with Crippen LogP contribution in [0.1, 0.15) is 45.4 Å². The van der Waals surface area contributed by atoms with Gasteiger partial charge in [-0.15, -0.1) is 0 Å². The molecule has 3 fully saturated rings. The fourth-order valence-electron chi connectivity index (χ4n) is 4.22. The zero-order valence-electron chi connectivity index (χ0n) is 10.8. The highest BCUT2D eigenvalue weighted by Crippen LogP contribution is 2.55. The van der Waals surface area contributed by atoms with E-state index in [1.165, 1.54) is 32.1 Å². The molecule has 2 bridgehead atoms. The molecule has 0 aromatic carbocycles. The van der Waals surface area contributed by atoms with Crippen LogP contribution in [0.2, 0.25) is 0 Å². The number of fused-ring (bicyclic) bond motifs is 5. The van der Waals surface area contributed by atoms with Gasteiger partial charge in [0.25, 0.3) is 0 Å². The molecule has 4 atom stereocenters. The lowest BCUT2D eigenvalue weighted by Crippen LogP contribution is -2.63. The minimum Gasteiger partial charge on any atom is -0.338 e. The van der Waals surface area contributed by atoms with Crippen LogP contribution in [0.25, 0.3) is 0 Å². The van der Waals surface area contributed by atoms with Crippen LogP contribution in [0.4, 0.5) is 4.79 Å². The van der Waals surface area contributed by atoms with Crippen molar-refractivity contribution in [3.63, 3.8) is 0 Å². The second kappa shape index (κ2) is 4.51. The largest absolute Gasteiger partial charge is 0.338 e. The number of likely N-dealkylation sites (tertiary alicyclic amines) is 1. The highest BCUT2D eigenvalue weighted by molar-refractivity contribution is 5.75. The van der Waals surface area contributed by atoms with E-state index in [1.54, 1.807) is 0 Å². The van der Waals surface area contributed by atoms with Gasteiger partial charge in [-0.2, -0.15) is 0 Å². The zero-order valence-corrected chi connectivity index (χ0v) is 10.8. The first-order chi connectivity index (χ1) is 8.31. The number of unbranched alkanes of at least 4 members (excludes halogenated alkanes) is 2. The molecule has 3 heteroatoms. The van der Waals surface area contributed by atoms with E-state index in [0.717, 1.165) is 37.3 Å². The average Bonchev–Trinajstić information content (AvgIpc) is 2.80. The minimum absolute atomic E-state index is 0.204. The number of hydrogen-bond donors (Lipinski definition) is 1. The minimum atomic E-state index is 0.204. The van der Waals surface area contributed by atoms with Crippen molar-refractivity contribution in [2.45, 2.75) is 51.5 Å². The van der Waals surface area contributed by atoms with Crippen LogP contribution >= 0.6 is 0 Å². The highest BCUT2D eigenvalue weighted by atomic mass is 16.2. The summed E-state index contributed by atoms with van der Waals surface area (Å²) in [6.45, 7) is 4.08. The summed E-state index contributed by atoms with van der Waals surface area (Å²) in [4.78, 5) is 14.1. The molecule has 3 nitrogen and oxygen atoms in total. The van der Waals surface area contributed by atoms with Crippen LogP contribution in [-0.2, 0) is 0 Å². The standard InChI is InChI=1S/C14H24N2O/c1-2-3-4-7-15-14(17)16-9-12-10-5-6-11(8-10)13(12)16/h10-13H,2-9H2,1H3,(H,15,17)/t10-,11-,12+,13+/m0/s1. The summed E-state index contributed by atoms with van der Waals surface area (Å²) in [6, 6.07) is 0.815. The van der Waals surface area contributed by atoms with Crippen LogP contribution in [0.15, 0.2) is 0 Å². The van der Waals surface area contributed by atoms with Gasteiger partial charge in [-0.05, 0) is 37.5 Å². The number of urea groups is 1. The van der Waals surface area contributed by atoms with E-state index < -0.39 is 0 Å². The zero-order chi connectivity index (χ0) is 11.8. The average molecular weight is 236 g/mol. The monoisotopic (exact) mass is 236 g/mol. The van der Waals surface area contributed by atoms with E-state index in [0.29, 0.717) is 6.04 Å². The first kappa shape index (κ1) is 11.4. The van der Waals surface area contributed by atoms with Crippen LogP contribution in [0.3, 0.4) is 0 Å². The van der Waals surface area contributed by atoms with E-state index in [-0.39, 0.29) is 6.03 Å². The quantitative estimate of drug-likeness (QED) is 0.748. The summed E-state index contributed by atoms with van der Waals surface area (Å²) in [7, 11) is 0. The molecule has 0 radical (unpaired) electrons. The van der Waals surface area contributed by atoms with E-state index in [9.17, 15) is 4.79 Å². The number of carbonyl (C=O) groups excluding carboxylic acids is 1. The molecule has 2 saturated carbocycles. The summed E-state index contributed by atoms with van der Waals surface area (Å²) >= 11 is 0. The Labute approximate surface area is 104 Å². The summed E-state index contributed by atoms with van der Waals surface area (Å²) in [5.41, 5.74) is 0. The van der Waals surface area contributed by atoms with E-state index in [1.807, 2.05) is 0 Å². The summed E-state index contributed by atoms with van der Waals surface area (Å²) in [6.07, 6.45) is 7.75. The van der Waals surface area contributed by atoms with E-state index in [4.69, 9.17) is 0 Å². The van der Waals surface area contributed by atoms with Crippen molar-refractivity contribution in [1.82, 2.24) is 10.2 Å². The van der Waals surface area contributed by atoms with Gasteiger partial charge < -0.3 is 10.2 Å². The van der Waals surface area contributed by atoms with Crippen molar-refractivity contribution in [3.05, 3.63) is 0 Å². The maximum atomic E-state index is 12.0. The molecule has 2 amide bonds. The normalized spacial score (nSPS) is 37.8. The van der Waals surface area contributed by atoms with Gasteiger partial charge in [0.1, 0.15) is 0 Å². The maximum absolute atomic E-state index is 12.0. The molecule has 17 heavy (non-hydrogen) atoms. The summed E-state index contributed by atoms with van der Waals surface area (Å²) in [5.74, 6) is 2.64. The predicted molar refractivity (Wildman–Crippen MR) is 67.7 cm³/mol. The molecule has 1 saturated heterocycles. The van der Waals surface area contributed by atoms with Crippen molar-refractivity contribution in [1.29, 1.82) is 0 Å². The fourth-order valence-corrected chi connectivity index (χ4v) is 4.22. The van der Waals surface area contributed by atoms with Gasteiger partial charge in [-0.25, -0.2) is 4.79 Å². The number of rotatable bonds is 4. The Morgan fingerprint density at radius 3 is 2.88 bits per heavy atom. The molecule has 1 aliphatic heterocycles. The Balaban J connectivity index is 1.45. The Morgan fingerprint density at radius 1 is 1.29 bits per heavy atom. The van der Waals surface area contributed by atoms with Crippen molar-refractivity contribution < 1.29 is 4.79 Å². The van der Waals surface area contributed by atoms with Gasteiger partial charge in [-0.1, -0.05) is 19.8 Å².